The van der Waals surface area contributed by atoms with Crippen molar-refractivity contribution in [1.29, 1.82) is 0 Å². The van der Waals surface area contributed by atoms with Gasteiger partial charge in [-0.3, -0.25) is 0 Å². The molecule has 3 heteroatoms. The second-order valence-electron chi connectivity index (χ2n) is 5.17. The predicted molar refractivity (Wildman–Crippen MR) is 71.6 cm³/mol. The van der Waals surface area contributed by atoms with Gasteiger partial charge in [-0.15, -0.1) is 0 Å². The van der Waals surface area contributed by atoms with Crippen molar-refractivity contribution in [1.82, 2.24) is 14.9 Å². The van der Waals surface area contributed by atoms with E-state index in [0.29, 0.717) is 0 Å². The average Bonchev–Trinajstić information content (AvgIpc) is 2.93. The molecule has 0 saturated heterocycles. The molecule has 1 aliphatic heterocycles. The molecule has 0 amide bonds. The topological polar surface area (TPSA) is 29.9 Å². The number of rotatable bonds is 1. The van der Waals surface area contributed by atoms with Gasteiger partial charge in [-0.05, 0) is 23.6 Å². The Labute approximate surface area is 107 Å². The summed E-state index contributed by atoms with van der Waals surface area (Å²) in [6.07, 6.45) is 2.11. The molecule has 2 heterocycles. The van der Waals surface area contributed by atoms with Crippen molar-refractivity contribution in [3.8, 4) is 11.3 Å². The van der Waals surface area contributed by atoms with E-state index in [2.05, 4.69) is 35.0 Å². The maximum atomic E-state index is 4.80. The number of fused-ring (bicyclic) bond motifs is 5. The van der Waals surface area contributed by atoms with Gasteiger partial charge in [0.2, 0.25) is 0 Å². The summed E-state index contributed by atoms with van der Waals surface area (Å²) in [5, 5.41) is 3.39. The van der Waals surface area contributed by atoms with Crippen LogP contribution in [0.15, 0.2) is 18.2 Å². The molecule has 0 unspecified atom stereocenters. The molecule has 1 aromatic heterocycles. The number of nitrogens with one attached hydrogen (secondary N) is 1. The largest absolute Gasteiger partial charge is 0.325 e. The lowest BCUT2D eigenvalue weighted by molar-refractivity contribution is 0.508. The monoisotopic (exact) mass is 239 g/mol. The SMILES string of the molecule is CCc1ccc2c(c1)-c1c(nc3n1CCNC3)C2. The summed E-state index contributed by atoms with van der Waals surface area (Å²) in [5.41, 5.74) is 6.95. The number of hydrogen-bond acceptors (Lipinski definition) is 2. The molecule has 2 aliphatic rings. The average molecular weight is 239 g/mol. The molecule has 1 aliphatic carbocycles. The van der Waals surface area contributed by atoms with E-state index in [4.69, 9.17) is 4.98 Å². The predicted octanol–water partition coefficient (Wildman–Crippen LogP) is 2.12. The molecule has 1 N–H and O–H groups in total. The van der Waals surface area contributed by atoms with Crippen LogP contribution in [-0.2, 0) is 25.9 Å². The zero-order valence-corrected chi connectivity index (χ0v) is 10.7. The first-order chi connectivity index (χ1) is 8.86. The van der Waals surface area contributed by atoms with Crippen molar-refractivity contribution in [3.05, 3.63) is 40.8 Å². The second-order valence-corrected chi connectivity index (χ2v) is 5.17. The molecule has 18 heavy (non-hydrogen) atoms. The number of nitrogens with zero attached hydrogens (tertiary/aromatic N) is 2. The highest BCUT2D eigenvalue weighted by Gasteiger charge is 2.27. The number of aryl methyl sites for hydroxylation is 1. The molecule has 0 bridgehead atoms. The Hall–Kier alpha value is -1.61. The van der Waals surface area contributed by atoms with Gasteiger partial charge in [-0.1, -0.05) is 19.1 Å². The van der Waals surface area contributed by atoms with Crippen LogP contribution in [0.25, 0.3) is 11.3 Å². The van der Waals surface area contributed by atoms with Crippen molar-refractivity contribution in [2.24, 2.45) is 0 Å². The molecular weight excluding hydrogens is 222 g/mol. The quantitative estimate of drug-likeness (QED) is 0.705. The molecule has 0 atom stereocenters. The zero-order chi connectivity index (χ0) is 12.1. The molecule has 0 fully saturated rings. The third kappa shape index (κ3) is 1.31. The van der Waals surface area contributed by atoms with Gasteiger partial charge in [-0.25, -0.2) is 4.98 Å². The Morgan fingerprint density at radius 2 is 2.33 bits per heavy atom. The van der Waals surface area contributed by atoms with Crippen LogP contribution >= 0.6 is 0 Å². The third-order valence-corrected chi connectivity index (χ3v) is 4.11. The van der Waals surface area contributed by atoms with Gasteiger partial charge >= 0.3 is 0 Å². The Balaban J connectivity index is 1.93. The molecule has 0 radical (unpaired) electrons. The number of imidazole rings is 1. The number of benzene rings is 1. The summed E-state index contributed by atoms with van der Waals surface area (Å²) >= 11 is 0. The second kappa shape index (κ2) is 3.69. The minimum absolute atomic E-state index is 0.913. The van der Waals surface area contributed by atoms with Crippen LogP contribution in [-0.4, -0.2) is 16.1 Å². The first kappa shape index (κ1) is 10.3. The Morgan fingerprint density at radius 3 is 3.22 bits per heavy atom. The van der Waals surface area contributed by atoms with Crippen LogP contribution in [0.2, 0.25) is 0 Å². The Bertz CT molecular complexity index is 625. The van der Waals surface area contributed by atoms with Crippen molar-refractivity contribution >= 4 is 0 Å². The van der Waals surface area contributed by atoms with E-state index in [1.807, 2.05) is 0 Å². The first-order valence-corrected chi connectivity index (χ1v) is 6.78. The summed E-state index contributed by atoms with van der Waals surface area (Å²) in [4.78, 5) is 4.80. The van der Waals surface area contributed by atoms with Crippen LogP contribution in [0.3, 0.4) is 0 Å². The summed E-state index contributed by atoms with van der Waals surface area (Å²) in [6.45, 7) is 5.23. The van der Waals surface area contributed by atoms with Crippen LogP contribution in [0.4, 0.5) is 0 Å². The molecular formula is C15H17N3. The lowest BCUT2D eigenvalue weighted by Crippen LogP contribution is -2.28. The molecule has 0 saturated carbocycles. The van der Waals surface area contributed by atoms with E-state index < -0.39 is 0 Å². The molecule has 92 valence electrons. The smallest absolute Gasteiger partial charge is 0.123 e. The van der Waals surface area contributed by atoms with Gasteiger partial charge < -0.3 is 9.88 Å². The third-order valence-electron chi connectivity index (χ3n) is 4.11. The normalized spacial score (nSPS) is 16.3. The van der Waals surface area contributed by atoms with E-state index >= 15 is 0 Å². The fourth-order valence-electron chi connectivity index (χ4n) is 3.14. The molecule has 0 spiro atoms. The van der Waals surface area contributed by atoms with Crippen molar-refractivity contribution in [2.75, 3.05) is 6.54 Å². The highest BCUT2D eigenvalue weighted by Crippen LogP contribution is 2.38. The van der Waals surface area contributed by atoms with Gasteiger partial charge in [0.25, 0.3) is 0 Å². The van der Waals surface area contributed by atoms with Gasteiger partial charge in [0.05, 0.1) is 17.9 Å². The fraction of sp³-hybridized carbons (Fsp3) is 0.400. The van der Waals surface area contributed by atoms with Crippen molar-refractivity contribution < 1.29 is 0 Å². The summed E-state index contributed by atoms with van der Waals surface area (Å²) < 4.78 is 2.41. The van der Waals surface area contributed by atoms with E-state index in [0.717, 1.165) is 32.5 Å². The van der Waals surface area contributed by atoms with Gasteiger partial charge in [0.15, 0.2) is 0 Å². The highest BCUT2D eigenvalue weighted by molar-refractivity contribution is 5.74. The Kier molecular flexibility index (Phi) is 2.12. The number of aromatic nitrogens is 2. The summed E-state index contributed by atoms with van der Waals surface area (Å²) in [7, 11) is 0. The van der Waals surface area contributed by atoms with Gasteiger partial charge in [0.1, 0.15) is 5.82 Å². The van der Waals surface area contributed by atoms with Gasteiger partial charge in [-0.2, -0.15) is 0 Å². The van der Waals surface area contributed by atoms with E-state index in [9.17, 15) is 0 Å². The maximum absolute atomic E-state index is 4.80. The van der Waals surface area contributed by atoms with E-state index in [1.54, 1.807) is 0 Å². The standard InChI is InChI=1S/C15H17N3/c1-2-10-3-4-11-8-13-15(12(11)7-10)18-6-5-16-9-14(18)17-13/h3-4,7,16H,2,5-6,8-9H2,1H3. The maximum Gasteiger partial charge on any atom is 0.123 e. The van der Waals surface area contributed by atoms with Crippen molar-refractivity contribution in [2.45, 2.75) is 32.9 Å². The van der Waals surface area contributed by atoms with Crippen LogP contribution in [0, 0.1) is 0 Å². The minimum atomic E-state index is 0.913. The lowest BCUT2D eigenvalue weighted by Gasteiger charge is -2.18. The minimum Gasteiger partial charge on any atom is -0.325 e. The first-order valence-electron chi connectivity index (χ1n) is 6.78. The van der Waals surface area contributed by atoms with E-state index in [-0.39, 0.29) is 0 Å². The summed E-state index contributed by atoms with van der Waals surface area (Å²) in [5.74, 6) is 1.21. The molecule has 1 aromatic carbocycles. The fourth-order valence-corrected chi connectivity index (χ4v) is 3.14. The molecule has 2 aromatic rings. The van der Waals surface area contributed by atoms with Crippen molar-refractivity contribution in [3.63, 3.8) is 0 Å². The van der Waals surface area contributed by atoms with Crippen LogP contribution < -0.4 is 5.32 Å². The summed E-state index contributed by atoms with van der Waals surface area (Å²) in [6, 6.07) is 6.89. The van der Waals surface area contributed by atoms with Crippen LogP contribution in [0.1, 0.15) is 29.6 Å². The zero-order valence-electron chi connectivity index (χ0n) is 10.7. The number of hydrogen-bond donors (Lipinski definition) is 1. The van der Waals surface area contributed by atoms with Gasteiger partial charge in [0, 0.05) is 25.1 Å². The Morgan fingerprint density at radius 1 is 1.39 bits per heavy atom. The highest BCUT2D eigenvalue weighted by atomic mass is 15.2. The van der Waals surface area contributed by atoms with E-state index in [1.165, 1.54) is 33.9 Å². The van der Waals surface area contributed by atoms with Crippen LogP contribution in [0.5, 0.6) is 0 Å². The lowest BCUT2D eigenvalue weighted by atomic mass is 10.0. The molecule has 3 nitrogen and oxygen atoms in total. The molecule has 4 rings (SSSR count).